The standard InChI is InChI=1S/C25H29N5O2.2H2/c1-5-18-7-6-8-19(11-18)20-12-22(24(28-13-20)25(32)16(2)3)30-23(31)15-26-14-21-9-10-27-17(4)29-21;;/h6-13,16,26H,5,14-15H2,1-4H3,(H,30,31);2*1H. The average molecular weight is 436 g/mol. The van der Waals surface area contributed by atoms with Crippen LogP contribution in [-0.4, -0.2) is 33.2 Å². The molecule has 1 aromatic carbocycles. The molecule has 0 saturated carbocycles. The van der Waals surface area contributed by atoms with Gasteiger partial charge in [-0.05, 0) is 36.6 Å². The van der Waals surface area contributed by atoms with Gasteiger partial charge in [0.15, 0.2) is 5.78 Å². The van der Waals surface area contributed by atoms with Crippen LogP contribution >= 0.6 is 0 Å². The van der Waals surface area contributed by atoms with Gasteiger partial charge >= 0.3 is 0 Å². The van der Waals surface area contributed by atoms with E-state index in [1.165, 1.54) is 5.56 Å². The van der Waals surface area contributed by atoms with Gasteiger partial charge in [-0.15, -0.1) is 0 Å². The number of pyridine rings is 1. The molecule has 7 nitrogen and oxygen atoms in total. The lowest BCUT2D eigenvalue weighted by atomic mass is 10.00. The summed E-state index contributed by atoms with van der Waals surface area (Å²) in [6.45, 7) is 8.08. The van der Waals surface area contributed by atoms with Crippen LogP contribution in [0.25, 0.3) is 11.1 Å². The lowest BCUT2D eigenvalue weighted by molar-refractivity contribution is -0.115. The van der Waals surface area contributed by atoms with Gasteiger partial charge in [-0.2, -0.15) is 0 Å². The zero-order valence-corrected chi connectivity index (χ0v) is 19.0. The van der Waals surface area contributed by atoms with E-state index < -0.39 is 0 Å². The highest BCUT2D eigenvalue weighted by Crippen LogP contribution is 2.26. The summed E-state index contributed by atoms with van der Waals surface area (Å²) < 4.78 is 0. The molecule has 0 saturated heterocycles. The van der Waals surface area contributed by atoms with E-state index in [4.69, 9.17) is 0 Å². The first-order valence-electron chi connectivity index (χ1n) is 10.8. The number of hydrogen-bond acceptors (Lipinski definition) is 6. The van der Waals surface area contributed by atoms with Gasteiger partial charge in [0.2, 0.25) is 5.91 Å². The smallest absolute Gasteiger partial charge is 0.238 e. The van der Waals surface area contributed by atoms with E-state index in [1.54, 1.807) is 18.5 Å². The summed E-state index contributed by atoms with van der Waals surface area (Å²) in [5, 5.41) is 5.94. The highest BCUT2D eigenvalue weighted by atomic mass is 16.2. The Hall–Kier alpha value is -3.45. The Morgan fingerprint density at radius 3 is 2.62 bits per heavy atom. The van der Waals surface area contributed by atoms with Gasteiger partial charge in [0, 0.05) is 33.3 Å². The summed E-state index contributed by atoms with van der Waals surface area (Å²) in [6, 6.07) is 11.8. The zero-order chi connectivity index (χ0) is 23.1. The summed E-state index contributed by atoms with van der Waals surface area (Å²) in [7, 11) is 0. The van der Waals surface area contributed by atoms with Crippen LogP contribution in [0.5, 0.6) is 0 Å². The van der Waals surface area contributed by atoms with E-state index in [0.717, 1.165) is 23.2 Å². The van der Waals surface area contributed by atoms with Crippen LogP contribution in [0.1, 0.15) is 51.2 Å². The minimum atomic E-state index is -0.255. The van der Waals surface area contributed by atoms with Crippen molar-refractivity contribution in [2.45, 2.75) is 40.7 Å². The van der Waals surface area contributed by atoms with Crippen molar-refractivity contribution in [2.75, 3.05) is 11.9 Å². The van der Waals surface area contributed by atoms with E-state index in [9.17, 15) is 9.59 Å². The van der Waals surface area contributed by atoms with Crippen molar-refractivity contribution in [3.63, 3.8) is 0 Å². The Kier molecular flexibility index (Phi) is 7.78. The number of nitrogens with zero attached hydrogens (tertiary/aromatic N) is 3. The van der Waals surface area contributed by atoms with Crippen molar-refractivity contribution >= 4 is 17.4 Å². The number of benzene rings is 1. The van der Waals surface area contributed by atoms with Gasteiger partial charge in [0.1, 0.15) is 11.5 Å². The van der Waals surface area contributed by atoms with E-state index >= 15 is 0 Å². The molecule has 7 heteroatoms. The lowest BCUT2D eigenvalue weighted by Crippen LogP contribution is -2.29. The topological polar surface area (TPSA) is 96.9 Å². The molecular weight excluding hydrogens is 402 g/mol. The summed E-state index contributed by atoms with van der Waals surface area (Å²) in [5.74, 6) is 0.0839. The van der Waals surface area contributed by atoms with Gasteiger partial charge in [0.25, 0.3) is 0 Å². The van der Waals surface area contributed by atoms with Crippen molar-refractivity contribution in [3.05, 3.63) is 71.6 Å². The second kappa shape index (κ2) is 10.7. The highest BCUT2D eigenvalue weighted by molar-refractivity contribution is 6.05. The van der Waals surface area contributed by atoms with Crippen LogP contribution in [0.3, 0.4) is 0 Å². The fourth-order valence-electron chi connectivity index (χ4n) is 3.26. The number of ketones is 1. The number of hydrogen-bond donors (Lipinski definition) is 2. The molecule has 0 unspecified atom stereocenters. The molecule has 0 atom stereocenters. The molecule has 0 aliphatic rings. The second-order valence-electron chi connectivity index (χ2n) is 7.94. The molecule has 0 fully saturated rings. The number of carbonyl (C=O) groups excluding carboxylic acids is 2. The summed E-state index contributed by atoms with van der Waals surface area (Å²) >= 11 is 0. The molecule has 170 valence electrons. The molecule has 2 N–H and O–H groups in total. The maximum Gasteiger partial charge on any atom is 0.238 e. The van der Waals surface area contributed by atoms with Crippen LogP contribution in [-0.2, 0) is 17.8 Å². The summed E-state index contributed by atoms with van der Waals surface area (Å²) in [4.78, 5) is 38.1. The fraction of sp³-hybridized carbons (Fsp3) is 0.320. The van der Waals surface area contributed by atoms with Crippen molar-refractivity contribution in [2.24, 2.45) is 5.92 Å². The number of aromatic nitrogens is 3. The lowest BCUT2D eigenvalue weighted by Gasteiger charge is -2.14. The van der Waals surface area contributed by atoms with Crippen LogP contribution in [0.15, 0.2) is 48.8 Å². The summed E-state index contributed by atoms with van der Waals surface area (Å²) in [6.07, 6.45) is 4.30. The van der Waals surface area contributed by atoms with Gasteiger partial charge in [-0.1, -0.05) is 45.0 Å². The van der Waals surface area contributed by atoms with Crippen LogP contribution in [0.4, 0.5) is 5.69 Å². The zero-order valence-electron chi connectivity index (χ0n) is 19.0. The van der Waals surface area contributed by atoms with Crippen LogP contribution < -0.4 is 10.6 Å². The third kappa shape index (κ3) is 6.04. The fourth-order valence-corrected chi connectivity index (χ4v) is 3.26. The van der Waals surface area contributed by atoms with Crippen LogP contribution in [0, 0.1) is 12.8 Å². The molecule has 1 amide bonds. The first kappa shape index (κ1) is 23.2. The van der Waals surface area contributed by atoms with E-state index in [2.05, 4.69) is 44.6 Å². The summed E-state index contributed by atoms with van der Waals surface area (Å²) in [5.41, 5.74) is 4.55. The molecule has 3 rings (SSSR count). The van der Waals surface area contributed by atoms with Crippen molar-refractivity contribution in [3.8, 4) is 11.1 Å². The molecule has 0 bridgehead atoms. The Morgan fingerprint density at radius 2 is 1.91 bits per heavy atom. The van der Waals surface area contributed by atoms with Crippen molar-refractivity contribution in [1.29, 1.82) is 0 Å². The molecule has 2 heterocycles. The van der Waals surface area contributed by atoms with Crippen LogP contribution in [0.2, 0.25) is 0 Å². The minimum Gasteiger partial charge on any atom is -0.323 e. The third-order valence-corrected chi connectivity index (χ3v) is 5.01. The first-order chi connectivity index (χ1) is 15.4. The number of nitrogens with one attached hydrogen (secondary N) is 2. The van der Waals surface area contributed by atoms with E-state index in [0.29, 0.717) is 18.1 Å². The number of anilines is 1. The number of aryl methyl sites for hydroxylation is 2. The second-order valence-corrected chi connectivity index (χ2v) is 7.94. The number of amides is 1. The van der Waals surface area contributed by atoms with Crippen molar-refractivity contribution in [1.82, 2.24) is 20.3 Å². The number of rotatable bonds is 9. The molecular formula is C25H33N5O2. The largest absolute Gasteiger partial charge is 0.323 e. The Labute approximate surface area is 191 Å². The SMILES string of the molecule is CCc1cccc(-c2cnc(C(=O)C(C)C)c(NC(=O)CNCc3ccnc(C)n3)c2)c1.[HH].[HH]. The predicted molar refractivity (Wildman–Crippen MR) is 130 cm³/mol. The molecule has 2 aromatic heterocycles. The van der Waals surface area contributed by atoms with E-state index in [-0.39, 0.29) is 32.7 Å². The first-order valence-corrected chi connectivity index (χ1v) is 10.8. The molecule has 0 aliphatic heterocycles. The Morgan fingerprint density at radius 1 is 1.09 bits per heavy atom. The normalized spacial score (nSPS) is 10.9. The van der Waals surface area contributed by atoms with Crippen molar-refractivity contribution < 1.29 is 12.4 Å². The molecule has 32 heavy (non-hydrogen) atoms. The number of carbonyl (C=O) groups is 2. The molecule has 0 aliphatic carbocycles. The minimum absolute atomic E-state index is 0. The quantitative estimate of drug-likeness (QED) is 0.482. The Balaban J connectivity index is 0.00000289. The van der Waals surface area contributed by atoms with Gasteiger partial charge in [-0.3, -0.25) is 14.6 Å². The molecule has 3 aromatic rings. The molecule has 0 radical (unpaired) electrons. The maximum absolute atomic E-state index is 12.7. The third-order valence-electron chi connectivity index (χ3n) is 5.01. The van der Waals surface area contributed by atoms with Gasteiger partial charge in [0.05, 0.1) is 17.9 Å². The average Bonchev–Trinajstić information content (AvgIpc) is 2.78. The predicted octanol–water partition coefficient (Wildman–Crippen LogP) is 4.47. The van der Waals surface area contributed by atoms with Gasteiger partial charge in [-0.25, -0.2) is 9.97 Å². The highest BCUT2D eigenvalue weighted by Gasteiger charge is 2.19. The number of Topliss-reactive ketones (excluding diaryl/α,β-unsaturated/α-hetero) is 1. The monoisotopic (exact) mass is 435 g/mol. The molecule has 0 spiro atoms. The maximum atomic E-state index is 12.7. The van der Waals surface area contributed by atoms with E-state index in [1.807, 2.05) is 39.0 Å². The Bertz CT molecular complexity index is 1120. The van der Waals surface area contributed by atoms with Gasteiger partial charge < -0.3 is 10.6 Å².